The van der Waals surface area contributed by atoms with Gasteiger partial charge in [-0.05, 0) is 167 Å². The minimum atomic E-state index is 1.20. The molecule has 0 radical (unpaired) electrons. The first-order valence-electron chi connectivity index (χ1n) is 22.2. The summed E-state index contributed by atoms with van der Waals surface area (Å²) in [6.07, 6.45) is 0. The highest BCUT2D eigenvalue weighted by molar-refractivity contribution is 6.37. The zero-order chi connectivity index (χ0) is 42.1. The smallest absolute Gasteiger partial charge is 0.000741 e. The van der Waals surface area contributed by atoms with Crippen LogP contribution in [0.3, 0.4) is 0 Å². The molecule has 13 aromatic carbocycles. The zero-order valence-electron chi connectivity index (χ0n) is 35.1. The first-order valence-corrected chi connectivity index (χ1v) is 22.2. The molecule has 0 unspecified atom stereocenters. The highest BCUT2D eigenvalue weighted by Crippen LogP contribution is 2.52. The van der Waals surface area contributed by atoms with Gasteiger partial charge in [-0.1, -0.05) is 206 Å². The largest absolute Gasteiger partial charge is 0.0622 e. The Bertz CT molecular complexity index is 3990. The second-order valence-corrected chi connectivity index (χ2v) is 17.2. The molecule has 0 aliphatic rings. The van der Waals surface area contributed by atoms with Crippen LogP contribution in [-0.2, 0) is 0 Å². The minimum Gasteiger partial charge on any atom is -0.0622 e. The maximum atomic E-state index is 2.46. The van der Waals surface area contributed by atoms with Crippen molar-refractivity contribution in [3.8, 4) is 55.6 Å². The number of hydrogen-bond acceptors (Lipinski definition) is 0. The lowest BCUT2D eigenvalue weighted by molar-refractivity contribution is 1.63. The van der Waals surface area contributed by atoms with Crippen LogP contribution < -0.4 is 0 Å². The molecule has 296 valence electrons. The molecule has 0 bridgehead atoms. The molecular formula is C64H40. The minimum absolute atomic E-state index is 1.20. The van der Waals surface area contributed by atoms with Gasteiger partial charge in [0.05, 0.1) is 0 Å². The third-order valence-electron chi connectivity index (χ3n) is 13.6. The summed E-state index contributed by atoms with van der Waals surface area (Å²) in [5.74, 6) is 0. The zero-order valence-corrected chi connectivity index (χ0v) is 35.1. The molecule has 0 saturated heterocycles. The van der Waals surface area contributed by atoms with E-state index in [1.54, 1.807) is 0 Å². The van der Waals surface area contributed by atoms with Gasteiger partial charge in [-0.25, -0.2) is 0 Å². The SMILES string of the molecule is c1ccc(-c2cc3ccccc3cc2-c2c3ccccc3c(-c3ccccc3)c3c4ccc(-c5ccc6ccccc6c5)cc4c4cc(-c5ccc6ccccc6c5)ccc4c23)cc1. The van der Waals surface area contributed by atoms with E-state index in [1.165, 1.54) is 131 Å². The Balaban J connectivity index is 1.23. The van der Waals surface area contributed by atoms with Gasteiger partial charge < -0.3 is 0 Å². The van der Waals surface area contributed by atoms with Gasteiger partial charge in [0, 0.05) is 0 Å². The first-order chi connectivity index (χ1) is 31.7. The van der Waals surface area contributed by atoms with Crippen molar-refractivity contribution < 1.29 is 0 Å². The van der Waals surface area contributed by atoms with E-state index in [-0.39, 0.29) is 0 Å². The van der Waals surface area contributed by atoms with Crippen molar-refractivity contribution >= 4 is 75.4 Å². The van der Waals surface area contributed by atoms with E-state index in [4.69, 9.17) is 0 Å². The van der Waals surface area contributed by atoms with E-state index in [1.807, 2.05) is 0 Å². The molecule has 0 saturated carbocycles. The summed E-state index contributed by atoms with van der Waals surface area (Å²) >= 11 is 0. The van der Waals surface area contributed by atoms with Gasteiger partial charge in [-0.2, -0.15) is 0 Å². The van der Waals surface area contributed by atoms with Gasteiger partial charge in [-0.3, -0.25) is 0 Å². The molecule has 0 fully saturated rings. The fourth-order valence-corrected chi connectivity index (χ4v) is 10.5. The Labute approximate surface area is 371 Å². The van der Waals surface area contributed by atoms with Gasteiger partial charge >= 0.3 is 0 Å². The van der Waals surface area contributed by atoms with Crippen LogP contribution in [0.2, 0.25) is 0 Å². The average molecular weight is 809 g/mol. The Hall–Kier alpha value is -8.32. The molecule has 0 nitrogen and oxygen atoms in total. The molecule has 13 aromatic rings. The Morgan fingerprint density at radius 3 is 1.08 bits per heavy atom. The average Bonchev–Trinajstić information content (AvgIpc) is 3.37. The maximum Gasteiger partial charge on any atom is -0.000741 e. The van der Waals surface area contributed by atoms with Crippen LogP contribution in [0.15, 0.2) is 243 Å². The second-order valence-electron chi connectivity index (χ2n) is 17.2. The molecule has 0 aliphatic carbocycles. The van der Waals surface area contributed by atoms with Gasteiger partial charge in [-0.15, -0.1) is 0 Å². The van der Waals surface area contributed by atoms with E-state index in [0.29, 0.717) is 0 Å². The van der Waals surface area contributed by atoms with Crippen LogP contribution in [0.4, 0.5) is 0 Å². The summed E-state index contributed by atoms with van der Waals surface area (Å²) in [5.41, 5.74) is 12.2. The summed E-state index contributed by atoms with van der Waals surface area (Å²) in [6, 6.07) is 90.3. The van der Waals surface area contributed by atoms with Crippen molar-refractivity contribution in [1.29, 1.82) is 0 Å². The molecular weight excluding hydrogens is 769 g/mol. The molecule has 0 amide bonds. The van der Waals surface area contributed by atoms with Crippen LogP contribution in [-0.4, -0.2) is 0 Å². The van der Waals surface area contributed by atoms with Crippen LogP contribution in [0.1, 0.15) is 0 Å². The van der Waals surface area contributed by atoms with Crippen molar-refractivity contribution in [2.24, 2.45) is 0 Å². The number of hydrogen-bond donors (Lipinski definition) is 0. The Morgan fingerprint density at radius 2 is 0.547 bits per heavy atom. The van der Waals surface area contributed by atoms with Crippen molar-refractivity contribution in [1.82, 2.24) is 0 Å². The van der Waals surface area contributed by atoms with E-state index < -0.39 is 0 Å². The molecule has 0 aromatic heterocycles. The van der Waals surface area contributed by atoms with E-state index in [0.717, 1.165) is 0 Å². The Kier molecular flexibility index (Phi) is 8.32. The van der Waals surface area contributed by atoms with Crippen LogP contribution >= 0.6 is 0 Å². The van der Waals surface area contributed by atoms with Crippen LogP contribution in [0.5, 0.6) is 0 Å². The van der Waals surface area contributed by atoms with Crippen LogP contribution in [0.25, 0.3) is 131 Å². The molecule has 0 aliphatic heterocycles. The summed E-state index contributed by atoms with van der Waals surface area (Å²) in [4.78, 5) is 0. The number of benzene rings is 13. The molecule has 64 heavy (non-hydrogen) atoms. The fourth-order valence-electron chi connectivity index (χ4n) is 10.5. The summed E-state index contributed by atoms with van der Waals surface area (Å²) in [7, 11) is 0. The quantitative estimate of drug-likeness (QED) is 0.120. The summed E-state index contributed by atoms with van der Waals surface area (Å²) in [6.45, 7) is 0. The predicted octanol–water partition coefficient (Wildman–Crippen LogP) is 18.1. The third-order valence-corrected chi connectivity index (χ3v) is 13.6. The van der Waals surface area contributed by atoms with Crippen molar-refractivity contribution in [2.45, 2.75) is 0 Å². The molecule has 0 spiro atoms. The lowest BCUT2D eigenvalue weighted by Gasteiger charge is -2.24. The van der Waals surface area contributed by atoms with Crippen molar-refractivity contribution in [3.63, 3.8) is 0 Å². The predicted molar refractivity (Wildman–Crippen MR) is 276 cm³/mol. The Morgan fingerprint density at radius 1 is 0.172 bits per heavy atom. The summed E-state index contributed by atoms with van der Waals surface area (Å²) < 4.78 is 0. The normalized spacial score (nSPS) is 11.8. The molecule has 0 heterocycles. The maximum absolute atomic E-state index is 2.46. The van der Waals surface area contributed by atoms with Gasteiger partial charge in [0.2, 0.25) is 0 Å². The third kappa shape index (κ3) is 5.84. The molecule has 0 atom stereocenters. The molecule has 13 rings (SSSR count). The van der Waals surface area contributed by atoms with E-state index >= 15 is 0 Å². The monoisotopic (exact) mass is 808 g/mol. The van der Waals surface area contributed by atoms with E-state index in [2.05, 4.69) is 243 Å². The van der Waals surface area contributed by atoms with Gasteiger partial charge in [0.25, 0.3) is 0 Å². The van der Waals surface area contributed by atoms with Gasteiger partial charge in [0.15, 0.2) is 0 Å². The van der Waals surface area contributed by atoms with Crippen molar-refractivity contribution in [3.05, 3.63) is 243 Å². The van der Waals surface area contributed by atoms with Crippen molar-refractivity contribution in [2.75, 3.05) is 0 Å². The number of rotatable bonds is 5. The van der Waals surface area contributed by atoms with E-state index in [9.17, 15) is 0 Å². The second kappa shape index (κ2) is 14.7. The highest BCUT2D eigenvalue weighted by atomic mass is 14.3. The summed E-state index contributed by atoms with van der Waals surface area (Å²) in [5, 5.41) is 17.5. The van der Waals surface area contributed by atoms with Gasteiger partial charge in [0.1, 0.15) is 0 Å². The standard InChI is InChI=1S/C64H40/c1-3-17-43(18-4-1)57-37-47-23-11-12-24-48(47)40-60(57)62-54-26-14-13-25-53(54)61(44-19-5-2-6-20-44)63-55-33-31-51(49-29-27-41-15-7-9-21-45(41)35-49)38-58(55)59-39-52(32-34-56(59)64(62)63)50-30-28-42-16-8-10-22-46(42)36-50/h1-40H. The molecule has 0 heteroatoms. The molecule has 0 N–H and O–H groups in total. The fraction of sp³-hybridized carbons (Fsp3) is 0. The topological polar surface area (TPSA) is 0 Å². The van der Waals surface area contributed by atoms with Crippen LogP contribution in [0, 0.1) is 0 Å². The number of fused-ring (bicyclic) bond motifs is 10. The lowest BCUT2D eigenvalue weighted by atomic mass is 9.79. The lowest BCUT2D eigenvalue weighted by Crippen LogP contribution is -1.96. The highest BCUT2D eigenvalue weighted by Gasteiger charge is 2.24. The first kappa shape index (κ1) is 36.3.